The molecule has 0 unspecified atom stereocenters. The first-order valence-corrected chi connectivity index (χ1v) is 26.3. The Hall–Kier alpha value is -10.3. The second-order valence-corrected chi connectivity index (χ2v) is 20.4. The SMILES string of the molecule is c1ccc(-n2c3ccccc3c3cc(-c4ccc5c(c4)C4(c6cccnc6-c6ncccc64)c4cccc(-c6ccc7c(c6)c6ccccc6n7-c6ccc(-n7c8ccccc8c8ccccc87)cc6)c4O5)ccc32)cc1. The molecule has 15 aromatic rings. The van der Waals surface area contributed by atoms with Crippen molar-refractivity contribution in [2.75, 3.05) is 0 Å². The highest BCUT2D eigenvalue weighted by Gasteiger charge is 2.53. The van der Waals surface area contributed by atoms with Crippen LogP contribution >= 0.6 is 0 Å². The van der Waals surface area contributed by atoms with E-state index in [2.05, 4.69) is 262 Å². The number of benzene rings is 10. The lowest BCUT2D eigenvalue weighted by Crippen LogP contribution is -2.32. The van der Waals surface area contributed by atoms with E-state index in [0.29, 0.717) is 0 Å². The number of para-hydroxylation sites is 6. The smallest absolute Gasteiger partial charge is 0.140 e. The lowest BCUT2D eigenvalue weighted by Gasteiger charge is -2.40. The molecule has 0 amide bonds. The van der Waals surface area contributed by atoms with Crippen LogP contribution in [0.3, 0.4) is 0 Å². The van der Waals surface area contributed by atoms with Gasteiger partial charge in [0.15, 0.2) is 0 Å². The molecule has 1 aliphatic carbocycles. The van der Waals surface area contributed by atoms with Crippen molar-refractivity contribution >= 4 is 65.4 Å². The van der Waals surface area contributed by atoms with E-state index in [1.54, 1.807) is 0 Å². The number of pyridine rings is 2. The molecule has 77 heavy (non-hydrogen) atoms. The maximum atomic E-state index is 7.37. The minimum absolute atomic E-state index is 0.777. The summed E-state index contributed by atoms with van der Waals surface area (Å²) in [5.74, 6) is 1.64. The van der Waals surface area contributed by atoms with Crippen LogP contribution in [0, 0.1) is 0 Å². The van der Waals surface area contributed by atoms with Crippen LogP contribution in [0.4, 0.5) is 0 Å². The minimum Gasteiger partial charge on any atom is -0.456 e. The summed E-state index contributed by atoms with van der Waals surface area (Å²) in [5.41, 5.74) is 20.1. The fourth-order valence-electron chi connectivity index (χ4n) is 13.4. The van der Waals surface area contributed by atoms with Crippen LogP contribution in [0.15, 0.2) is 261 Å². The third kappa shape index (κ3) is 5.78. The van der Waals surface area contributed by atoms with Crippen molar-refractivity contribution in [2.24, 2.45) is 0 Å². The molecule has 2 aliphatic rings. The molecule has 0 bridgehead atoms. The standard InChI is InChI=1S/C71H43N5O/c1-2-15-47(16-3-1)74-63-27-10-6-19-53(63)55-41-44(29-36-65(55)74)45-31-38-67-60(43-45)71(57-23-13-39-72-68(57)69-58(71)24-14-40-73-69)59-22-12-21-50(70(59)77-67)46-30-37-66-56(42-46)54-20-7-11-28-64(54)76(66)49-34-32-48(33-35-49)75-61-25-8-4-17-51(61)52-18-5-9-26-62(52)75/h1-43H. The molecule has 6 nitrogen and oxygen atoms in total. The Kier molecular flexibility index (Phi) is 8.67. The average molecular weight is 982 g/mol. The van der Waals surface area contributed by atoms with E-state index in [1.807, 2.05) is 12.4 Å². The van der Waals surface area contributed by atoms with Crippen molar-refractivity contribution in [2.45, 2.75) is 5.41 Å². The van der Waals surface area contributed by atoms with Gasteiger partial charge in [-0.25, -0.2) is 0 Å². The maximum absolute atomic E-state index is 7.37. The van der Waals surface area contributed by atoms with Gasteiger partial charge in [0.05, 0.1) is 49.9 Å². The van der Waals surface area contributed by atoms with Crippen LogP contribution in [0.25, 0.3) is 116 Å². The van der Waals surface area contributed by atoms with Gasteiger partial charge in [0, 0.05) is 78.5 Å². The van der Waals surface area contributed by atoms with E-state index in [4.69, 9.17) is 14.7 Å². The predicted molar refractivity (Wildman–Crippen MR) is 313 cm³/mol. The highest BCUT2D eigenvalue weighted by molar-refractivity contribution is 6.12. The van der Waals surface area contributed by atoms with E-state index >= 15 is 0 Å². The lowest BCUT2D eigenvalue weighted by molar-refractivity contribution is 0.438. The zero-order chi connectivity index (χ0) is 50.3. The van der Waals surface area contributed by atoms with Gasteiger partial charge in [0.25, 0.3) is 0 Å². The minimum atomic E-state index is -0.777. The van der Waals surface area contributed by atoms with Gasteiger partial charge in [-0.05, 0) is 137 Å². The fraction of sp³-hybridized carbons (Fsp3) is 0.0141. The Balaban J connectivity index is 0.825. The quantitative estimate of drug-likeness (QED) is 0.173. The second-order valence-electron chi connectivity index (χ2n) is 20.4. The van der Waals surface area contributed by atoms with Crippen molar-refractivity contribution in [1.82, 2.24) is 23.7 Å². The molecule has 0 atom stereocenters. The van der Waals surface area contributed by atoms with Gasteiger partial charge < -0.3 is 18.4 Å². The first-order chi connectivity index (χ1) is 38.2. The molecule has 0 fully saturated rings. The van der Waals surface area contributed by atoms with Gasteiger partial charge >= 0.3 is 0 Å². The normalized spacial score (nSPS) is 13.1. The Morgan fingerprint density at radius 2 is 0.727 bits per heavy atom. The van der Waals surface area contributed by atoms with E-state index in [0.717, 1.165) is 95.5 Å². The molecule has 10 aromatic carbocycles. The van der Waals surface area contributed by atoms with Crippen LogP contribution in [0.5, 0.6) is 11.5 Å². The second kappa shape index (κ2) is 15.9. The highest BCUT2D eigenvalue weighted by Crippen LogP contribution is 2.63. The van der Waals surface area contributed by atoms with Gasteiger partial charge in [0.2, 0.25) is 0 Å². The van der Waals surface area contributed by atoms with Crippen LogP contribution in [0.1, 0.15) is 22.3 Å². The van der Waals surface area contributed by atoms with Gasteiger partial charge in [-0.3, -0.25) is 9.97 Å². The monoisotopic (exact) mass is 981 g/mol. The Bertz CT molecular complexity index is 4860. The van der Waals surface area contributed by atoms with Crippen LogP contribution < -0.4 is 4.74 Å². The number of rotatable bonds is 5. The van der Waals surface area contributed by atoms with Crippen molar-refractivity contribution in [1.29, 1.82) is 0 Å². The number of aromatic nitrogens is 5. The first-order valence-electron chi connectivity index (χ1n) is 26.3. The number of hydrogen-bond acceptors (Lipinski definition) is 3. The summed E-state index contributed by atoms with van der Waals surface area (Å²) in [7, 11) is 0. The van der Waals surface area contributed by atoms with E-state index in [-0.39, 0.29) is 0 Å². The number of hydrogen-bond donors (Lipinski definition) is 0. The largest absolute Gasteiger partial charge is 0.456 e. The van der Waals surface area contributed by atoms with Crippen molar-refractivity contribution < 1.29 is 4.74 Å². The van der Waals surface area contributed by atoms with Gasteiger partial charge in [-0.15, -0.1) is 0 Å². The third-order valence-corrected chi connectivity index (χ3v) is 16.6. The number of nitrogens with zero attached hydrogens (tertiary/aromatic N) is 5. The summed E-state index contributed by atoms with van der Waals surface area (Å²) in [6, 6.07) is 90.3. The molecule has 17 rings (SSSR count). The fourth-order valence-corrected chi connectivity index (χ4v) is 13.4. The van der Waals surface area contributed by atoms with E-state index in [1.165, 1.54) is 54.4 Å². The third-order valence-electron chi connectivity index (χ3n) is 16.6. The number of ether oxygens (including phenoxy) is 1. The Labute approximate surface area is 442 Å². The first kappa shape index (κ1) is 42.1. The lowest BCUT2D eigenvalue weighted by atomic mass is 9.65. The summed E-state index contributed by atoms with van der Waals surface area (Å²) in [6.07, 6.45) is 3.77. The molecule has 0 N–H and O–H groups in total. The summed E-state index contributed by atoms with van der Waals surface area (Å²) in [6.45, 7) is 0. The Morgan fingerprint density at radius 3 is 1.29 bits per heavy atom. The molecule has 5 aromatic heterocycles. The molecule has 6 heterocycles. The molecular formula is C71H43N5O. The zero-order valence-electron chi connectivity index (χ0n) is 41.5. The van der Waals surface area contributed by atoms with Gasteiger partial charge in [0.1, 0.15) is 11.5 Å². The van der Waals surface area contributed by atoms with Crippen LogP contribution in [-0.2, 0) is 5.41 Å². The van der Waals surface area contributed by atoms with Gasteiger partial charge in [-0.1, -0.05) is 140 Å². The molecular weight excluding hydrogens is 939 g/mol. The highest BCUT2D eigenvalue weighted by atomic mass is 16.5. The molecule has 0 radical (unpaired) electrons. The average Bonchev–Trinajstić information content (AvgIpc) is 4.40. The molecule has 0 saturated carbocycles. The topological polar surface area (TPSA) is 49.8 Å². The van der Waals surface area contributed by atoms with Crippen LogP contribution in [-0.4, -0.2) is 23.7 Å². The van der Waals surface area contributed by atoms with Crippen molar-refractivity contribution in [3.63, 3.8) is 0 Å². The Morgan fingerprint density at radius 1 is 0.299 bits per heavy atom. The summed E-state index contributed by atoms with van der Waals surface area (Å²) < 4.78 is 14.5. The predicted octanol–water partition coefficient (Wildman–Crippen LogP) is 17.6. The molecule has 6 heteroatoms. The summed E-state index contributed by atoms with van der Waals surface area (Å²) >= 11 is 0. The molecule has 358 valence electrons. The van der Waals surface area contributed by atoms with Crippen molar-refractivity contribution in [3.8, 4) is 62.2 Å². The van der Waals surface area contributed by atoms with Crippen LogP contribution in [0.2, 0.25) is 0 Å². The van der Waals surface area contributed by atoms with Gasteiger partial charge in [-0.2, -0.15) is 0 Å². The molecule has 1 aliphatic heterocycles. The summed E-state index contributed by atoms with van der Waals surface area (Å²) in [4.78, 5) is 10.1. The van der Waals surface area contributed by atoms with E-state index in [9.17, 15) is 0 Å². The maximum Gasteiger partial charge on any atom is 0.140 e. The van der Waals surface area contributed by atoms with E-state index < -0.39 is 5.41 Å². The number of fused-ring (bicyclic) bond motifs is 18. The summed E-state index contributed by atoms with van der Waals surface area (Å²) in [5, 5.41) is 7.30. The molecule has 0 saturated heterocycles. The van der Waals surface area contributed by atoms with Crippen molar-refractivity contribution in [3.05, 3.63) is 283 Å². The molecule has 1 spiro atoms. The zero-order valence-corrected chi connectivity index (χ0v) is 41.5.